The minimum Gasteiger partial charge on any atom is -0.496 e. The number of likely N-dealkylation sites (tertiary alicyclic amines) is 1. The highest BCUT2D eigenvalue weighted by Gasteiger charge is 2.26. The van der Waals surface area contributed by atoms with Crippen LogP contribution < -0.4 is 4.74 Å². The zero-order valence-electron chi connectivity index (χ0n) is 12.1. The molecule has 3 heteroatoms. The minimum absolute atomic E-state index is 0.111. The topological polar surface area (TPSA) is 29.5 Å². The summed E-state index contributed by atoms with van der Waals surface area (Å²) in [6, 6.07) is 6.23. The summed E-state index contributed by atoms with van der Waals surface area (Å²) in [5.41, 5.74) is 1.88. The molecule has 1 aromatic rings. The molecule has 0 radical (unpaired) electrons. The van der Waals surface area contributed by atoms with Gasteiger partial charge in [0.15, 0.2) is 0 Å². The van der Waals surface area contributed by atoms with Crippen LogP contribution in [-0.4, -0.2) is 30.5 Å². The van der Waals surface area contributed by atoms with Crippen LogP contribution in [0.2, 0.25) is 0 Å². The Kier molecular flexibility index (Phi) is 4.46. The van der Waals surface area contributed by atoms with Crippen molar-refractivity contribution in [3.05, 3.63) is 29.3 Å². The van der Waals surface area contributed by atoms with Gasteiger partial charge in [-0.05, 0) is 50.3 Å². The van der Waals surface area contributed by atoms with Gasteiger partial charge in [-0.15, -0.1) is 0 Å². The van der Waals surface area contributed by atoms with E-state index in [0.717, 1.165) is 25.8 Å². The molecule has 1 atom stereocenters. The maximum absolute atomic E-state index is 12.7. The van der Waals surface area contributed by atoms with Gasteiger partial charge in [-0.1, -0.05) is 13.0 Å². The number of hydrogen-bond acceptors (Lipinski definition) is 2. The van der Waals surface area contributed by atoms with Crippen molar-refractivity contribution in [2.24, 2.45) is 0 Å². The first kappa shape index (κ1) is 13.9. The van der Waals surface area contributed by atoms with Crippen LogP contribution >= 0.6 is 0 Å². The number of ether oxygens (including phenoxy) is 1. The second-order valence-corrected chi connectivity index (χ2v) is 5.23. The van der Waals surface area contributed by atoms with E-state index >= 15 is 0 Å². The Bertz CT molecular complexity index is 456. The summed E-state index contributed by atoms with van der Waals surface area (Å²) >= 11 is 0. The third kappa shape index (κ3) is 2.91. The SMILES string of the molecule is CCc1ccc(OC)c(C(=O)N2CCCCC2C)c1. The lowest BCUT2D eigenvalue weighted by Gasteiger charge is -2.33. The highest BCUT2D eigenvalue weighted by molar-refractivity contribution is 5.97. The van der Waals surface area contributed by atoms with Crippen molar-refractivity contribution in [3.63, 3.8) is 0 Å². The molecule has 1 aliphatic heterocycles. The van der Waals surface area contributed by atoms with Gasteiger partial charge < -0.3 is 9.64 Å². The Morgan fingerprint density at radius 1 is 1.42 bits per heavy atom. The molecule has 2 rings (SSSR count). The molecule has 0 spiro atoms. The second kappa shape index (κ2) is 6.09. The van der Waals surface area contributed by atoms with Gasteiger partial charge >= 0.3 is 0 Å². The molecule has 1 amide bonds. The average molecular weight is 261 g/mol. The lowest BCUT2D eigenvalue weighted by Crippen LogP contribution is -2.42. The summed E-state index contributed by atoms with van der Waals surface area (Å²) in [5.74, 6) is 0.791. The number of carbonyl (C=O) groups is 1. The highest BCUT2D eigenvalue weighted by Crippen LogP contribution is 2.25. The molecule has 104 valence electrons. The van der Waals surface area contributed by atoms with Gasteiger partial charge in [-0.2, -0.15) is 0 Å². The Balaban J connectivity index is 2.30. The van der Waals surface area contributed by atoms with Gasteiger partial charge in [-0.25, -0.2) is 0 Å². The van der Waals surface area contributed by atoms with Gasteiger partial charge in [0, 0.05) is 12.6 Å². The third-order valence-electron chi connectivity index (χ3n) is 3.97. The Labute approximate surface area is 115 Å². The number of piperidine rings is 1. The number of hydrogen-bond donors (Lipinski definition) is 0. The van der Waals surface area contributed by atoms with Crippen LogP contribution in [0.1, 0.15) is 49.0 Å². The van der Waals surface area contributed by atoms with Crippen molar-refractivity contribution < 1.29 is 9.53 Å². The molecule has 19 heavy (non-hydrogen) atoms. The molecule has 1 aromatic carbocycles. The predicted octanol–water partition coefficient (Wildman–Crippen LogP) is 3.27. The number of aryl methyl sites for hydroxylation is 1. The maximum Gasteiger partial charge on any atom is 0.257 e. The molecule has 1 aliphatic rings. The largest absolute Gasteiger partial charge is 0.496 e. The minimum atomic E-state index is 0.111. The van der Waals surface area contributed by atoms with Crippen molar-refractivity contribution in [2.75, 3.05) is 13.7 Å². The third-order valence-corrected chi connectivity index (χ3v) is 3.97. The molecule has 1 unspecified atom stereocenters. The van der Waals surface area contributed by atoms with Gasteiger partial charge in [-0.3, -0.25) is 4.79 Å². The molecular weight excluding hydrogens is 238 g/mol. The second-order valence-electron chi connectivity index (χ2n) is 5.23. The van der Waals surface area contributed by atoms with E-state index in [9.17, 15) is 4.79 Å². The zero-order valence-corrected chi connectivity index (χ0v) is 12.1. The molecular formula is C16H23NO2. The van der Waals surface area contributed by atoms with Crippen molar-refractivity contribution in [3.8, 4) is 5.75 Å². The van der Waals surface area contributed by atoms with Crippen LogP contribution in [0.5, 0.6) is 5.75 Å². The number of methoxy groups -OCH3 is 1. The van der Waals surface area contributed by atoms with E-state index < -0.39 is 0 Å². The fourth-order valence-electron chi connectivity index (χ4n) is 2.70. The summed E-state index contributed by atoms with van der Waals surface area (Å²) in [6.45, 7) is 5.09. The van der Waals surface area contributed by atoms with Crippen molar-refractivity contribution in [2.45, 2.75) is 45.6 Å². The molecule has 3 nitrogen and oxygen atoms in total. The van der Waals surface area contributed by atoms with Crippen LogP contribution in [0.25, 0.3) is 0 Å². The van der Waals surface area contributed by atoms with Crippen molar-refractivity contribution in [1.29, 1.82) is 0 Å². The van der Waals surface area contributed by atoms with E-state index in [1.165, 1.54) is 12.0 Å². The first-order chi connectivity index (χ1) is 9.17. The Morgan fingerprint density at radius 3 is 2.84 bits per heavy atom. The molecule has 0 saturated carbocycles. The molecule has 0 bridgehead atoms. The normalized spacial score (nSPS) is 19.3. The smallest absolute Gasteiger partial charge is 0.257 e. The Morgan fingerprint density at radius 2 is 2.21 bits per heavy atom. The first-order valence-corrected chi connectivity index (χ1v) is 7.15. The average Bonchev–Trinajstić information content (AvgIpc) is 2.46. The van der Waals surface area contributed by atoms with E-state index in [1.54, 1.807) is 7.11 Å². The van der Waals surface area contributed by atoms with Gasteiger partial charge in [0.25, 0.3) is 5.91 Å². The van der Waals surface area contributed by atoms with Crippen molar-refractivity contribution in [1.82, 2.24) is 4.90 Å². The van der Waals surface area contributed by atoms with E-state index in [-0.39, 0.29) is 5.91 Å². The summed E-state index contributed by atoms with van der Waals surface area (Å²) < 4.78 is 5.34. The summed E-state index contributed by atoms with van der Waals surface area (Å²) in [5, 5.41) is 0. The summed E-state index contributed by atoms with van der Waals surface area (Å²) in [4.78, 5) is 14.7. The van der Waals surface area contributed by atoms with Gasteiger partial charge in [0.05, 0.1) is 12.7 Å². The number of carbonyl (C=O) groups excluding carboxylic acids is 1. The van der Waals surface area contributed by atoms with E-state index in [2.05, 4.69) is 13.8 Å². The van der Waals surface area contributed by atoms with Crippen LogP contribution in [0.4, 0.5) is 0 Å². The zero-order chi connectivity index (χ0) is 13.8. The van der Waals surface area contributed by atoms with E-state index in [1.807, 2.05) is 23.1 Å². The number of nitrogens with zero attached hydrogens (tertiary/aromatic N) is 1. The lowest BCUT2D eigenvalue weighted by atomic mass is 10.0. The van der Waals surface area contributed by atoms with E-state index in [0.29, 0.717) is 17.4 Å². The summed E-state index contributed by atoms with van der Waals surface area (Å²) in [7, 11) is 1.62. The number of benzene rings is 1. The van der Waals surface area contributed by atoms with Crippen molar-refractivity contribution >= 4 is 5.91 Å². The molecule has 1 fully saturated rings. The molecule has 0 N–H and O–H groups in total. The predicted molar refractivity (Wildman–Crippen MR) is 76.7 cm³/mol. The maximum atomic E-state index is 12.7. The van der Waals surface area contributed by atoms with Crippen LogP contribution in [0.15, 0.2) is 18.2 Å². The standard InChI is InChI=1S/C16H23NO2/c1-4-13-8-9-15(19-3)14(11-13)16(18)17-10-6-5-7-12(17)2/h8-9,11-12H,4-7,10H2,1-3H3. The van der Waals surface area contributed by atoms with Crippen LogP contribution in [-0.2, 0) is 6.42 Å². The molecule has 1 saturated heterocycles. The van der Waals surface area contributed by atoms with Gasteiger partial charge in [0.1, 0.15) is 5.75 Å². The van der Waals surface area contributed by atoms with Crippen LogP contribution in [0.3, 0.4) is 0 Å². The van der Waals surface area contributed by atoms with Gasteiger partial charge in [0.2, 0.25) is 0 Å². The molecule has 0 aromatic heterocycles. The lowest BCUT2D eigenvalue weighted by molar-refractivity contribution is 0.0632. The quantitative estimate of drug-likeness (QED) is 0.835. The summed E-state index contributed by atoms with van der Waals surface area (Å²) in [6.07, 6.45) is 4.35. The number of rotatable bonds is 3. The fourth-order valence-corrected chi connectivity index (χ4v) is 2.70. The van der Waals surface area contributed by atoms with Crippen LogP contribution in [0, 0.1) is 0 Å². The molecule has 0 aliphatic carbocycles. The Hall–Kier alpha value is -1.51. The monoisotopic (exact) mass is 261 g/mol. The van der Waals surface area contributed by atoms with E-state index in [4.69, 9.17) is 4.74 Å². The number of amides is 1. The first-order valence-electron chi connectivity index (χ1n) is 7.15. The molecule has 1 heterocycles. The highest BCUT2D eigenvalue weighted by atomic mass is 16.5. The fraction of sp³-hybridized carbons (Fsp3) is 0.562.